The van der Waals surface area contributed by atoms with E-state index in [4.69, 9.17) is 15.2 Å². The Morgan fingerprint density at radius 1 is 1.00 bits per heavy atom. The van der Waals surface area contributed by atoms with E-state index in [1.54, 1.807) is 41.7 Å². The Kier molecular flexibility index (Phi) is 12.7. The second kappa shape index (κ2) is 17.9. The number of hydrogen-bond donors (Lipinski definition) is 4. The molecule has 5 N–H and O–H groups in total. The molecule has 1 aliphatic heterocycles. The molecule has 1 atom stereocenters. The summed E-state index contributed by atoms with van der Waals surface area (Å²) in [6, 6.07) is 20.2. The van der Waals surface area contributed by atoms with E-state index in [-0.39, 0.29) is 36.4 Å². The standard InChI is InChI=1S/C39H46N6O5S/c40-30(21-32-25-51-26-42-32)22-41-18-4-2-1-3-5-19-49-34-15-11-31(12-16-34)43-38(47)28-8-6-27(7-9-28)23-45(33-13-14-33)39(48)29-10-17-35-36(20-29)50-24-37(46)44-35/h6-12,15-17,20,25-26,30,33,41H,1-5,13-14,18-19,21-24,40H2,(H,43,47)(H,44,46)/t30-/m0/s1. The van der Waals surface area contributed by atoms with Gasteiger partial charge in [0.1, 0.15) is 11.5 Å². The zero-order valence-electron chi connectivity index (χ0n) is 28.8. The van der Waals surface area contributed by atoms with E-state index >= 15 is 0 Å². The number of ether oxygens (including phenoxy) is 2. The Hall–Kier alpha value is -4.78. The van der Waals surface area contributed by atoms with Crippen LogP contribution in [-0.2, 0) is 17.8 Å². The van der Waals surface area contributed by atoms with Crippen molar-refractivity contribution in [3.05, 3.63) is 100 Å². The van der Waals surface area contributed by atoms with Crippen molar-refractivity contribution in [3.63, 3.8) is 0 Å². The summed E-state index contributed by atoms with van der Waals surface area (Å²) in [5.41, 5.74) is 12.3. The summed E-state index contributed by atoms with van der Waals surface area (Å²) >= 11 is 1.61. The van der Waals surface area contributed by atoms with Gasteiger partial charge >= 0.3 is 0 Å². The predicted molar refractivity (Wildman–Crippen MR) is 200 cm³/mol. The maximum Gasteiger partial charge on any atom is 0.262 e. The molecule has 51 heavy (non-hydrogen) atoms. The van der Waals surface area contributed by atoms with Gasteiger partial charge in [-0.15, -0.1) is 11.3 Å². The van der Waals surface area contributed by atoms with Crippen LogP contribution in [0.2, 0.25) is 0 Å². The lowest BCUT2D eigenvalue weighted by atomic mass is 10.1. The van der Waals surface area contributed by atoms with Gasteiger partial charge < -0.3 is 36.1 Å². The number of aromatic nitrogens is 1. The molecular formula is C39H46N6O5S. The van der Waals surface area contributed by atoms with E-state index in [2.05, 4.69) is 26.3 Å². The van der Waals surface area contributed by atoms with Crippen LogP contribution in [0.15, 0.2) is 77.6 Å². The Morgan fingerprint density at radius 3 is 2.53 bits per heavy atom. The number of nitrogens with one attached hydrogen (secondary N) is 3. The molecular weight excluding hydrogens is 665 g/mol. The van der Waals surface area contributed by atoms with Gasteiger partial charge in [-0.25, -0.2) is 4.98 Å². The van der Waals surface area contributed by atoms with Crippen LogP contribution in [-0.4, -0.2) is 66.0 Å². The quantitative estimate of drug-likeness (QED) is 0.0865. The van der Waals surface area contributed by atoms with Crippen molar-refractivity contribution >= 4 is 40.4 Å². The van der Waals surface area contributed by atoms with Crippen molar-refractivity contribution in [2.45, 2.75) is 70.0 Å². The summed E-state index contributed by atoms with van der Waals surface area (Å²) < 4.78 is 11.4. The molecule has 1 fully saturated rings. The van der Waals surface area contributed by atoms with E-state index in [0.29, 0.717) is 41.4 Å². The molecule has 2 heterocycles. The van der Waals surface area contributed by atoms with Crippen molar-refractivity contribution in [2.75, 3.05) is 36.9 Å². The number of carbonyl (C=O) groups is 3. The number of benzene rings is 3. The highest BCUT2D eigenvalue weighted by Gasteiger charge is 2.33. The first kappa shape index (κ1) is 36.0. The lowest BCUT2D eigenvalue weighted by Gasteiger charge is -2.24. The Morgan fingerprint density at radius 2 is 1.76 bits per heavy atom. The number of nitrogens with two attached hydrogens (primary N) is 1. The highest BCUT2D eigenvalue weighted by molar-refractivity contribution is 7.07. The summed E-state index contributed by atoms with van der Waals surface area (Å²) in [6.45, 7) is 2.82. The summed E-state index contributed by atoms with van der Waals surface area (Å²) in [5, 5.41) is 11.2. The van der Waals surface area contributed by atoms with Gasteiger partial charge in [0.2, 0.25) is 0 Å². The number of unbranched alkanes of at least 4 members (excludes halogenated alkanes) is 4. The predicted octanol–water partition coefficient (Wildman–Crippen LogP) is 6.02. The second-order valence-corrected chi connectivity index (χ2v) is 13.9. The number of rotatable bonds is 19. The van der Waals surface area contributed by atoms with Crippen LogP contribution in [0.5, 0.6) is 11.5 Å². The zero-order chi connectivity index (χ0) is 35.4. The van der Waals surface area contributed by atoms with Crippen LogP contribution in [0.25, 0.3) is 0 Å². The average molecular weight is 711 g/mol. The molecule has 0 unspecified atom stereocenters. The molecule has 12 heteroatoms. The molecule has 2 aliphatic rings. The molecule has 1 aliphatic carbocycles. The van der Waals surface area contributed by atoms with Gasteiger partial charge in [-0.05, 0) is 92.4 Å². The molecule has 6 rings (SSSR count). The third kappa shape index (κ3) is 10.9. The number of carbonyl (C=O) groups excluding carboxylic acids is 3. The van der Waals surface area contributed by atoms with Crippen molar-refractivity contribution in [3.8, 4) is 11.5 Å². The highest BCUT2D eigenvalue weighted by Crippen LogP contribution is 2.33. The summed E-state index contributed by atoms with van der Waals surface area (Å²) in [7, 11) is 0. The number of hydrogen-bond acceptors (Lipinski definition) is 9. The monoisotopic (exact) mass is 710 g/mol. The van der Waals surface area contributed by atoms with E-state index in [1.807, 2.05) is 46.8 Å². The van der Waals surface area contributed by atoms with Gasteiger partial charge in [-0.2, -0.15) is 0 Å². The van der Waals surface area contributed by atoms with E-state index in [0.717, 1.165) is 68.6 Å². The van der Waals surface area contributed by atoms with Crippen LogP contribution in [0.1, 0.15) is 76.9 Å². The summed E-state index contributed by atoms with van der Waals surface area (Å²) in [4.78, 5) is 44.2. The maximum atomic E-state index is 13.5. The minimum atomic E-state index is -0.213. The van der Waals surface area contributed by atoms with Crippen molar-refractivity contribution in [2.24, 2.45) is 5.73 Å². The van der Waals surface area contributed by atoms with Crippen molar-refractivity contribution in [1.29, 1.82) is 0 Å². The third-order valence-electron chi connectivity index (χ3n) is 8.92. The van der Waals surface area contributed by atoms with Crippen LogP contribution in [0.3, 0.4) is 0 Å². The molecule has 4 aromatic rings. The normalized spacial score (nSPS) is 14.2. The van der Waals surface area contributed by atoms with Crippen molar-refractivity contribution < 1.29 is 23.9 Å². The van der Waals surface area contributed by atoms with Gasteiger partial charge in [0.05, 0.1) is 23.5 Å². The molecule has 0 bridgehead atoms. The fourth-order valence-corrected chi connectivity index (χ4v) is 6.53. The van der Waals surface area contributed by atoms with Gasteiger partial charge in [-0.1, -0.05) is 31.4 Å². The maximum absolute atomic E-state index is 13.5. The number of fused-ring (bicyclic) bond motifs is 1. The largest absolute Gasteiger partial charge is 0.494 e. The highest BCUT2D eigenvalue weighted by atomic mass is 32.1. The molecule has 1 aromatic heterocycles. The molecule has 0 radical (unpaired) electrons. The van der Waals surface area contributed by atoms with Gasteiger partial charge in [0, 0.05) is 53.8 Å². The summed E-state index contributed by atoms with van der Waals surface area (Å²) in [6.07, 6.45) is 8.34. The van der Waals surface area contributed by atoms with E-state index in [1.165, 1.54) is 12.8 Å². The van der Waals surface area contributed by atoms with E-state index < -0.39 is 0 Å². The SMILES string of the molecule is N[C@H](CNCCCCCCCOc1ccc(NC(=O)c2ccc(CN(C(=O)c3ccc4c(c3)OCC(=O)N4)C3CC3)cc2)cc1)Cc1cscn1. The molecule has 268 valence electrons. The topological polar surface area (TPSA) is 148 Å². The lowest BCUT2D eigenvalue weighted by molar-refractivity contribution is -0.118. The smallest absolute Gasteiger partial charge is 0.262 e. The number of amides is 3. The molecule has 0 saturated heterocycles. The molecule has 1 saturated carbocycles. The Labute approximate surface area is 302 Å². The molecule has 3 aromatic carbocycles. The minimum absolute atomic E-state index is 0.0657. The van der Waals surface area contributed by atoms with Gasteiger partial charge in [-0.3, -0.25) is 14.4 Å². The second-order valence-electron chi connectivity index (χ2n) is 13.2. The van der Waals surface area contributed by atoms with Gasteiger partial charge in [0.25, 0.3) is 17.7 Å². The first-order valence-corrected chi connectivity index (χ1v) is 18.7. The molecule has 3 amide bonds. The summed E-state index contributed by atoms with van der Waals surface area (Å²) in [5.74, 6) is 0.765. The molecule has 0 spiro atoms. The average Bonchev–Trinajstić information content (AvgIpc) is 3.86. The van der Waals surface area contributed by atoms with Crippen molar-refractivity contribution in [1.82, 2.24) is 15.2 Å². The van der Waals surface area contributed by atoms with Gasteiger partial charge in [0.15, 0.2) is 6.61 Å². The van der Waals surface area contributed by atoms with Crippen LogP contribution in [0, 0.1) is 0 Å². The first-order valence-electron chi connectivity index (χ1n) is 17.8. The zero-order valence-corrected chi connectivity index (χ0v) is 29.6. The fourth-order valence-electron chi connectivity index (χ4n) is 5.96. The number of nitrogens with zero attached hydrogens (tertiary/aromatic N) is 2. The third-order valence-corrected chi connectivity index (χ3v) is 9.55. The fraction of sp³-hybridized carbons (Fsp3) is 0.385. The number of thiazole rings is 1. The number of anilines is 2. The van der Waals surface area contributed by atoms with Crippen LogP contribution >= 0.6 is 11.3 Å². The van der Waals surface area contributed by atoms with Crippen LogP contribution < -0.4 is 31.2 Å². The Balaban J connectivity index is 0.867. The first-order chi connectivity index (χ1) is 24.9. The Bertz CT molecular complexity index is 1740. The van der Waals surface area contributed by atoms with E-state index in [9.17, 15) is 14.4 Å². The van der Waals surface area contributed by atoms with Crippen LogP contribution in [0.4, 0.5) is 11.4 Å². The minimum Gasteiger partial charge on any atom is -0.494 e. The molecule has 11 nitrogen and oxygen atoms in total. The lowest BCUT2D eigenvalue weighted by Crippen LogP contribution is -2.36.